The lowest BCUT2D eigenvalue weighted by Gasteiger charge is -2.18. The van der Waals surface area contributed by atoms with Crippen LogP contribution in [0.15, 0.2) is 29.0 Å². The highest BCUT2D eigenvalue weighted by Gasteiger charge is 2.23. The van der Waals surface area contributed by atoms with Crippen LogP contribution in [0.25, 0.3) is 0 Å². The van der Waals surface area contributed by atoms with Crippen LogP contribution in [0, 0.1) is 5.82 Å². The lowest BCUT2D eigenvalue weighted by atomic mass is 10.1. The molecule has 4 nitrogen and oxygen atoms in total. The van der Waals surface area contributed by atoms with Gasteiger partial charge in [-0.15, -0.1) is 0 Å². The van der Waals surface area contributed by atoms with Crippen molar-refractivity contribution in [3.8, 4) is 0 Å². The molecule has 0 bridgehead atoms. The van der Waals surface area contributed by atoms with Gasteiger partial charge < -0.3 is 5.32 Å². The van der Waals surface area contributed by atoms with Crippen molar-refractivity contribution in [2.45, 2.75) is 19.5 Å². The van der Waals surface area contributed by atoms with Gasteiger partial charge in [-0.2, -0.15) is 5.10 Å². The van der Waals surface area contributed by atoms with E-state index in [0.717, 1.165) is 10.2 Å². The Morgan fingerprint density at radius 3 is 2.94 bits per heavy atom. The summed E-state index contributed by atoms with van der Waals surface area (Å²) >= 11 is 3.45. The minimum absolute atomic E-state index is 0.326. The van der Waals surface area contributed by atoms with E-state index in [-0.39, 0.29) is 11.9 Å². The van der Waals surface area contributed by atoms with Gasteiger partial charge in [0.2, 0.25) is 0 Å². The van der Waals surface area contributed by atoms with Crippen LogP contribution in [0.5, 0.6) is 0 Å². The molecule has 0 fully saturated rings. The van der Waals surface area contributed by atoms with Gasteiger partial charge in [-0.1, -0.05) is 0 Å². The zero-order valence-electron chi connectivity index (χ0n) is 10.2. The predicted octanol–water partition coefficient (Wildman–Crippen LogP) is 2.51. The maximum Gasteiger partial charge on any atom is 0.146 e. The quantitative estimate of drug-likeness (QED) is 0.943. The average molecular weight is 313 g/mol. The van der Waals surface area contributed by atoms with Crippen molar-refractivity contribution in [2.24, 2.45) is 0 Å². The molecule has 18 heavy (non-hydrogen) atoms. The first-order valence-corrected chi connectivity index (χ1v) is 6.47. The van der Waals surface area contributed by atoms with Crippen molar-refractivity contribution in [1.29, 1.82) is 0 Å². The smallest absolute Gasteiger partial charge is 0.146 e. The third-order valence-corrected chi connectivity index (χ3v) is 3.37. The summed E-state index contributed by atoms with van der Waals surface area (Å²) in [6.07, 6.45) is 3.30. The molecule has 96 valence electrons. The van der Waals surface area contributed by atoms with Gasteiger partial charge in [0.05, 0.1) is 28.1 Å². The molecule has 6 heteroatoms. The summed E-state index contributed by atoms with van der Waals surface area (Å²) in [6.45, 7) is 2.71. The highest BCUT2D eigenvalue weighted by molar-refractivity contribution is 9.10. The van der Waals surface area contributed by atoms with Crippen molar-refractivity contribution >= 4 is 15.9 Å². The molecule has 0 aliphatic heterocycles. The molecule has 2 aromatic rings. The highest BCUT2D eigenvalue weighted by Crippen LogP contribution is 2.28. The molecule has 1 atom stereocenters. The van der Waals surface area contributed by atoms with E-state index in [4.69, 9.17) is 0 Å². The number of nitrogens with zero attached hydrogens (tertiary/aromatic N) is 3. The van der Waals surface area contributed by atoms with E-state index < -0.39 is 0 Å². The van der Waals surface area contributed by atoms with Gasteiger partial charge in [-0.3, -0.25) is 9.67 Å². The topological polar surface area (TPSA) is 42.7 Å². The monoisotopic (exact) mass is 312 g/mol. The Kier molecular flexibility index (Phi) is 4.08. The van der Waals surface area contributed by atoms with Gasteiger partial charge in [0.15, 0.2) is 0 Å². The third-order valence-electron chi connectivity index (χ3n) is 2.76. The van der Waals surface area contributed by atoms with E-state index in [1.54, 1.807) is 25.5 Å². The van der Waals surface area contributed by atoms with Crippen LogP contribution in [-0.4, -0.2) is 21.8 Å². The SMILES string of the molecule is CCn1ncc(Br)c1C(NC)c1ncccc1F. The fraction of sp³-hybridized carbons (Fsp3) is 0.333. The molecule has 2 rings (SSSR count). The standard InChI is InChI=1S/C12H14BrFN4/c1-3-18-12(8(13)7-17-18)11(15-2)10-9(14)5-4-6-16-10/h4-7,11,15H,3H2,1-2H3. The summed E-state index contributed by atoms with van der Waals surface area (Å²) in [5.74, 6) is -0.326. The van der Waals surface area contributed by atoms with E-state index >= 15 is 0 Å². The maximum atomic E-state index is 13.8. The fourth-order valence-electron chi connectivity index (χ4n) is 1.92. The first-order valence-electron chi connectivity index (χ1n) is 5.67. The molecule has 0 spiro atoms. The largest absolute Gasteiger partial charge is 0.307 e. The molecule has 2 aromatic heterocycles. The molecule has 0 saturated heterocycles. The average Bonchev–Trinajstić information content (AvgIpc) is 2.74. The van der Waals surface area contributed by atoms with Gasteiger partial charge in [0.25, 0.3) is 0 Å². The van der Waals surface area contributed by atoms with Gasteiger partial charge in [-0.25, -0.2) is 4.39 Å². The Balaban J connectivity index is 2.52. The third kappa shape index (κ3) is 2.30. The van der Waals surface area contributed by atoms with Crippen LogP contribution in [0.4, 0.5) is 4.39 Å². The van der Waals surface area contributed by atoms with Crippen LogP contribution in [0.3, 0.4) is 0 Å². The zero-order chi connectivity index (χ0) is 13.1. The second kappa shape index (κ2) is 5.58. The number of aromatic nitrogens is 3. The first-order chi connectivity index (χ1) is 8.69. The second-order valence-electron chi connectivity index (χ2n) is 3.79. The summed E-state index contributed by atoms with van der Waals surface area (Å²) < 4.78 is 16.5. The minimum Gasteiger partial charge on any atom is -0.307 e. The number of rotatable bonds is 4. The van der Waals surface area contributed by atoms with E-state index in [1.807, 2.05) is 11.6 Å². The summed E-state index contributed by atoms with van der Waals surface area (Å²) in [5.41, 5.74) is 1.24. The molecule has 0 amide bonds. The normalized spacial score (nSPS) is 12.7. The predicted molar refractivity (Wildman–Crippen MR) is 70.7 cm³/mol. The molecule has 0 aliphatic rings. The Labute approximate surface area is 113 Å². The minimum atomic E-state index is -0.331. The first kappa shape index (κ1) is 13.2. The Morgan fingerprint density at radius 1 is 1.56 bits per heavy atom. The number of pyridine rings is 1. The van der Waals surface area contributed by atoms with Crippen LogP contribution in [0.2, 0.25) is 0 Å². The molecular formula is C12H14BrFN4. The number of aryl methyl sites for hydroxylation is 1. The molecular weight excluding hydrogens is 299 g/mol. The van der Waals surface area contributed by atoms with E-state index in [2.05, 4.69) is 31.3 Å². The number of nitrogens with one attached hydrogen (secondary N) is 1. The van der Waals surface area contributed by atoms with Crippen molar-refractivity contribution in [3.63, 3.8) is 0 Å². The van der Waals surface area contributed by atoms with E-state index in [9.17, 15) is 4.39 Å². The van der Waals surface area contributed by atoms with Crippen molar-refractivity contribution < 1.29 is 4.39 Å². The maximum absolute atomic E-state index is 13.8. The number of halogens is 2. The molecule has 0 saturated carbocycles. The summed E-state index contributed by atoms with van der Waals surface area (Å²) in [6, 6.07) is 2.66. The zero-order valence-corrected chi connectivity index (χ0v) is 11.8. The Hall–Kier alpha value is -1.27. The molecule has 2 heterocycles. The van der Waals surface area contributed by atoms with Crippen molar-refractivity contribution in [2.75, 3.05) is 7.05 Å². The fourth-order valence-corrected chi connectivity index (χ4v) is 2.45. The van der Waals surface area contributed by atoms with E-state index in [0.29, 0.717) is 12.2 Å². The van der Waals surface area contributed by atoms with Gasteiger partial charge >= 0.3 is 0 Å². The van der Waals surface area contributed by atoms with Gasteiger partial charge in [0, 0.05) is 12.7 Å². The molecule has 0 aromatic carbocycles. The summed E-state index contributed by atoms with van der Waals surface area (Å²) in [5, 5.41) is 7.32. The molecule has 1 N–H and O–H groups in total. The second-order valence-corrected chi connectivity index (χ2v) is 4.64. The van der Waals surface area contributed by atoms with Crippen LogP contribution >= 0.6 is 15.9 Å². The van der Waals surface area contributed by atoms with Crippen LogP contribution in [-0.2, 0) is 6.54 Å². The molecule has 1 unspecified atom stereocenters. The number of hydrogen-bond acceptors (Lipinski definition) is 3. The molecule has 0 aliphatic carbocycles. The summed E-state index contributed by atoms with van der Waals surface area (Å²) in [7, 11) is 1.78. The number of hydrogen-bond donors (Lipinski definition) is 1. The van der Waals surface area contributed by atoms with E-state index in [1.165, 1.54) is 6.07 Å². The molecule has 0 radical (unpaired) electrons. The van der Waals surface area contributed by atoms with Crippen molar-refractivity contribution in [3.05, 3.63) is 46.2 Å². The summed E-state index contributed by atoms with van der Waals surface area (Å²) in [4.78, 5) is 4.12. The lowest BCUT2D eigenvalue weighted by molar-refractivity contribution is 0.519. The van der Waals surface area contributed by atoms with Crippen LogP contribution < -0.4 is 5.32 Å². The lowest BCUT2D eigenvalue weighted by Crippen LogP contribution is -2.24. The van der Waals surface area contributed by atoms with Crippen molar-refractivity contribution in [1.82, 2.24) is 20.1 Å². The Morgan fingerprint density at radius 2 is 2.33 bits per heavy atom. The van der Waals surface area contributed by atoms with Crippen LogP contribution in [0.1, 0.15) is 24.4 Å². The van der Waals surface area contributed by atoms with Gasteiger partial charge in [0.1, 0.15) is 5.82 Å². The highest BCUT2D eigenvalue weighted by atomic mass is 79.9. The Bertz CT molecular complexity index is 541. The van der Waals surface area contributed by atoms with Gasteiger partial charge in [-0.05, 0) is 42.0 Å².